The molecule has 1 aliphatic rings. The van der Waals surface area contributed by atoms with Crippen molar-refractivity contribution in [3.63, 3.8) is 0 Å². The standard InChI is InChI=1S/C26H30N4O4/c1-3-34-26(33)21-8-13-29(14-9-21)24(20-6-11-27-12-7-20)23-22(31)15-18(2)30(25(23)32)17-19-5-4-10-28-16-19/h4-7,10-12,15-16,21,24,31H,3,8-9,13-14,17H2,1-2H3. The van der Waals surface area contributed by atoms with Gasteiger partial charge in [-0.15, -0.1) is 0 Å². The molecule has 1 N–H and O–H groups in total. The second-order valence-electron chi connectivity index (χ2n) is 8.58. The highest BCUT2D eigenvalue weighted by molar-refractivity contribution is 5.72. The van der Waals surface area contributed by atoms with Gasteiger partial charge in [-0.1, -0.05) is 6.07 Å². The summed E-state index contributed by atoms with van der Waals surface area (Å²) in [7, 11) is 0. The van der Waals surface area contributed by atoms with Crippen molar-refractivity contribution < 1.29 is 14.6 Å². The second kappa shape index (κ2) is 10.6. The number of likely N-dealkylation sites (tertiary alicyclic amines) is 1. The number of esters is 1. The van der Waals surface area contributed by atoms with E-state index in [9.17, 15) is 14.7 Å². The molecule has 0 aliphatic carbocycles. The molecular formula is C26H30N4O4. The van der Waals surface area contributed by atoms with Crippen molar-refractivity contribution in [3.8, 4) is 5.75 Å². The van der Waals surface area contributed by atoms with Crippen LogP contribution in [0.2, 0.25) is 0 Å². The number of ether oxygens (including phenoxy) is 1. The summed E-state index contributed by atoms with van der Waals surface area (Å²) in [6, 6.07) is 8.68. The average Bonchev–Trinajstić information content (AvgIpc) is 2.86. The first-order chi connectivity index (χ1) is 16.5. The maximum absolute atomic E-state index is 13.8. The molecule has 0 bridgehead atoms. The number of carbonyl (C=O) groups excluding carboxylic acids is 1. The van der Waals surface area contributed by atoms with Gasteiger partial charge >= 0.3 is 5.97 Å². The van der Waals surface area contributed by atoms with Gasteiger partial charge in [0, 0.05) is 30.5 Å². The van der Waals surface area contributed by atoms with Gasteiger partial charge in [-0.3, -0.25) is 24.5 Å². The van der Waals surface area contributed by atoms with Gasteiger partial charge in [-0.25, -0.2) is 0 Å². The predicted octanol–water partition coefficient (Wildman–Crippen LogP) is 3.07. The SMILES string of the molecule is CCOC(=O)C1CCN(C(c2ccncc2)c2c(O)cc(C)n(Cc3cccnc3)c2=O)CC1. The van der Waals surface area contributed by atoms with Gasteiger partial charge in [-0.05, 0) is 75.2 Å². The van der Waals surface area contributed by atoms with Crippen LogP contribution in [-0.2, 0) is 16.1 Å². The minimum atomic E-state index is -0.459. The van der Waals surface area contributed by atoms with Gasteiger partial charge in [0.25, 0.3) is 5.56 Å². The van der Waals surface area contributed by atoms with E-state index in [4.69, 9.17) is 4.74 Å². The molecule has 0 aromatic carbocycles. The Morgan fingerprint density at radius 2 is 1.91 bits per heavy atom. The Labute approximate surface area is 198 Å². The Hall–Kier alpha value is -3.52. The molecule has 3 aromatic heterocycles. The molecule has 0 radical (unpaired) electrons. The first-order valence-corrected chi connectivity index (χ1v) is 11.6. The molecule has 1 unspecified atom stereocenters. The van der Waals surface area contributed by atoms with Crippen LogP contribution in [0.4, 0.5) is 0 Å². The van der Waals surface area contributed by atoms with Crippen LogP contribution in [0.25, 0.3) is 0 Å². The molecule has 0 amide bonds. The molecule has 1 aliphatic heterocycles. The summed E-state index contributed by atoms with van der Waals surface area (Å²) in [5.74, 6) is -0.345. The van der Waals surface area contributed by atoms with E-state index in [2.05, 4.69) is 14.9 Å². The van der Waals surface area contributed by atoms with Crippen LogP contribution in [0.1, 0.15) is 48.2 Å². The highest BCUT2D eigenvalue weighted by Crippen LogP contribution is 2.35. The summed E-state index contributed by atoms with van der Waals surface area (Å²) in [6.45, 7) is 5.56. The number of carbonyl (C=O) groups is 1. The Kier molecular flexibility index (Phi) is 7.37. The third kappa shape index (κ3) is 5.02. The third-order valence-electron chi connectivity index (χ3n) is 6.40. The molecule has 8 heteroatoms. The highest BCUT2D eigenvalue weighted by atomic mass is 16.5. The van der Waals surface area contributed by atoms with E-state index in [1.165, 1.54) is 0 Å². The second-order valence-corrected chi connectivity index (χ2v) is 8.58. The maximum Gasteiger partial charge on any atom is 0.309 e. The van der Waals surface area contributed by atoms with E-state index < -0.39 is 6.04 Å². The van der Waals surface area contributed by atoms with Crippen molar-refractivity contribution in [2.45, 2.75) is 39.3 Å². The lowest BCUT2D eigenvalue weighted by atomic mass is 9.91. The molecule has 4 heterocycles. The Morgan fingerprint density at radius 1 is 1.18 bits per heavy atom. The first-order valence-electron chi connectivity index (χ1n) is 11.6. The number of aryl methyl sites for hydroxylation is 1. The molecule has 4 rings (SSSR count). The molecule has 1 saturated heterocycles. The van der Waals surface area contributed by atoms with E-state index in [1.807, 2.05) is 38.1 Å². The van der Waals surface area contributed by atoms with E-state index in [0.717, 1.165) is 11.1 Å². The third-order valence-corrected chi connectivity index (χ3v) is 6.40. The van der Waals surface area contributed by atoms with Gasteiger partial charge in [0.1, 0.15) is 5.75 Å². The zero-order valence-electron chi connectivity index (χ0n) is 19.6. The Bertz CT molecular complexity index is 1170. The fraction of sp³-hybridized carbons (Fsp3) is 0.385. The van der Waals surface area contributed by atoms with Crippen molar-refractivity contribution in [1.29, 1.82) is 0 Å². The van der Waals surface area contributed by atoms with Gasteiger partial charge in [-0.2, -0.15) is 0 Å². The predicted molar refractivity (Wildman–Crippen MR) is 127 cm³/mol. The molecule has 178 valence electrons. The zero-order valence-corrected chi connectivity index (χ0v) is 19.6. The monoisotopic (exact) mass is 462 g/mol. The summed E-state index contributed by atoms with van der Waals surface area (Å²) >= 11 is 0. The highest BCUT2D eigenvalue weighted by Gasteiger charge is 2.34. The van der Waals surface area contributed by atoms with E-state index in [-0.39, 0.29) is 23.2 Å². The molecular weight excluding hydrogens is 432 g/mol. The normalized spacial score (nSPS) is 15.7. The summed E-state index contributed by atoms with van der Waals surface area (Å²) in [5, 5.41) is 11.0. The Balaban J connectivity index is 1.72. The molecule has 1 atom stereocenters. The number of piperidine rings is 1. The molecule has 8 nitrogen and oxygen atoms in total. The number of aromatic hydroxyl groups is 1. The number of hydrogen-bond acceptors (Lipinski definition) is 7. The lowest BCUT2D eigenvalue weighted by Gasteiger charge is -2.37. The Morgan fingerprint density at radius 3 is 2.56 bits per heavy atom. The van der Waals surface area contributed by atoms with Crippen LogP contribution in [0.15, 0.2) is 59.9 Å². The van der Waals surface area contributed by atoms with Gasteiger partial charge in [0.15, 0.2) is 0 Å². The fourth-order valence-electron chi connectivity index (χ4n) is 4.66. The van der Waals surface area contributed by atoms with Gasteiger partial charge < -0.3 is 14.4 Å². The zero-order chi connectivity index (χ0) is 24.1. The maximum atomic E-state index is 13.8. The largest absolute Gasteiger partial charge is 0.507 e. The van der Waals surface area contributed by atoms with E-state index >= 15 is 0 Å². The number of pyridine rings is 3. The summed E-state index contributed by atoms with van der Waals surface area (Å²) < 4.78 is 6.88. The molecule has 3 aromatic rings. The van der Waals surface area contributed by atoms with Crippen molar-refractivity contribution >= 4 is 5.97 Å². The van der Waals surface area contributed by atoms with Crippen molar-refractivity contribution in [1.82, 2.24) is 19.4 Å². The van der Waals surface area contributed by atoms with Crippen LogP contribution < -0.4 is 5.56 Å². The number of nitrogens with zero attached hydrogens (tertiary/aromatic N) is 4. The minimum Gasteiger partial charge on any atom is -0.507 e. The van der Waals surface area contributed by atoms with E-state index in [1.54, 1.807) is 35.4 Å². The number of hydrogen-bond donors (Lipinski definition) is 1. The van der Waals surface area contributed by atoms with Crippen molar-refractivity contribution in [2.24, 2.45) is 5.92 Å². The summed E-state index contributed by atoms with van der Waals surface area (Å²) in [5.41, 5.74) is 2.53. The van der Waals surface area contributed by atoms with Gasteiger partial charge in [0.05, 0.1) is 30.7 Å². The fourth-order valence-corrected chi connectivity index (χ4v) is 4.66. The lowest BCUT2D eigenvalue weighted by Crippen LogP contribution is -2.42. The number of rotatable bonds is 7. The number of aromatic nitrogens is 3. The van der Waals surface area contributed by atoms with Crippen LogP contribution in [0.5, 0.6) is 5.75 Å². The first kappa shape index (κ1) is 23.6. The molecule has 1 fully saturated rings. The molecule has 0 spiro atoms. The van der Waals surface area contributed by atoms with Crippen LogP contribution in [-0.4, -0.2) is 50.2 Å². The molecule has 34 heavy (non-hydrogen) atoms. The minimum absolute atomic E-state index is 0.0285. The molecule has 0 saturated carbocycles. The van der Waals surface area contributed by atoms with Gasteiger partial charge in [0.2, 0.25) is 0 Å². The van der Waals surface area contributed by atoms with Crippen molar-refractivity contribution in [2.75, 3.05) is 19.7 Å². The van der Waals surface area contributed by atoms with E-state index in [0.29, 0.717) is 50.3 Å². The average molecular weight is 463 g/mol. The lowest BCUT2D eigenvalue weighted by molar-refractivity contribution is -0.149. The van der Waals surface area contributed by atoms with Crippen molar-refractivity contribution in [3.05, 3.63) is 87.9 Å². The van der Waals surface area contributed by atoms with Crippen LogP contribution in [0, 0.1) is 12.8 Å². The van der Waals surface area contributed by atoms with Crippen LogP contribution >= 0.6 is 0 Å². The smallest absolute Gasteiger partial charge is 0.309 e. The van der Waals surface area contributed by atoms with Crippen LogP contribution in [0.3, 0.4) is 0 Å². The quantitative estimate of drug-likeness (QED) is 0.539. The summed E-state index contributed by atoms with van der Waals surface area (Å²) in [4.78, 5) is 36.5. The topological polar surface area (TPSA) is 97.6 Å². The summed E-state index contributed by atoms with van der Waals surface area (Å²) in [6.07, 6.45) is 8.08.